The summed E-state index contributed by atoms with van der Waals surface area (Å²) < 4.78 is 10.9. The molecule has 0 aromatic heterocycles. The summed E-state index contributed by atoms with van der Waals surface area (Å²) in [6, 6.07) is 6.15. The molecule has 0 N–H and O–H groups in total. The fraction of sp³-hybridized carbons (Fsp3) is 0.533. The number of hydrogen-bond acceptors (Lipinski definition) is 3. The van der Waals surface area contributed by atoms with Crippen molar-refractivity contribution in [1.29, 1.82) is 0 Å². The van der Waals surface area contributed by atoms with Gasteiger partial charge in [-0.25, -0.2) is 0 Å². The lowest BCUT2D eigenvalue weighted by molar-refractivity contribution is -0.148. The largest absolute Gasteiger partial charge is 0.486 e. The fourth-order valence-electron chi connectivity index (χ4n) is 2.27. The Kier molecular flexibility index (Phi) is 3.60. The Hall–Kier alpha value is -1.51. The summed E-state index contributed by atoms with van der Waals surface area (Å²) in [6.45, 7) is 4.07. The van der Waals surface area contributed by atoms with Gasteiger partial charge in [0.1, 0.15) is 11.4 Å². The number of hydrogen-bond donors (Lipinski definition) is 0. The molecular weight excluding hydrogens is 228 g/mol. The van der Waals surface area contributed by atoms with Gasteiger partial charge in [-0.3, -0.25) is 4.79 Å². The van der Waals surface area contributed by atoms with Crippen LogP contribution in [0.15, 0.2) is 18.2 Å². The first-order chi connectivity index (χ1) is 8.54. The van der Waals surface area contributed by atoms with E-state index in [-0.39, 0.29) is 11.6 Å². The minimum absolute atomic E-state index is 0.194. The standard InChI is InChI=1S/C15H20O3/c1-11-5-6-12(2)13(9-11)18-15(7-4-8-15)10-14(16)17-3/h5-6,9H,4,7-8,10H2,1-3H3. The van der Waals surface area contributed by atoms with Crippen LogP contribution < -0.4 is 4.74 Å². The number of aryl methyl sites for hydroxylation is 2. The third kappa shape index (κ3) is 2.66. The highest BCUT2D eigenvalue weighted by molar-refractivity contribution is 5.70. The zero-order chi connectivity index (χ0) is 13.2. The molecule has 0 radical (unpaired) electrons. The van der Waals surface area contributed by atoms with E-state index in [0.29, 0.717) is 6.42 Å². The molecule has 0 amide bonds. The molecule has 1 fully saturated rings. The van der Waals surface area contributed by atoms with Crippen LogP contribution in [0.2, 0.25) is 0 Å². The van der Waals surface area contributed by atoms with Crippen molar-refractivity contribution in [2.75, 3.05) is 7.11 Å². The van der Waals surface area contributed by atoms with E-state index >= 15 is 0 Å². The molecule has 0 unspecified atom stereocenters. The normalized spacial score (nSPS) is 16.8. The zero-order valence-electron chi connectivity index (χ0n) is 11.3. The number of carbonyl (C=O) groups excluding carboxylic acids is 1. The third-order valence-electron chi connectivity index (χ3n) is 3.63. The Bertz CT molecular complexity index is 447. The van der Waals surface area contributed by atoms with Crippen LogP contribution in [0.4, 0.5) is 0 Å². The fourth-order valence-corrected chi connectivity index (χ4v) is 2.27. The predicted molar refractivity (Wildman–Crippen MR) is 69.8 cm³/mol. The van der Waals surface area contributed by atoms with Crippen LogP contribution in [0.1, 0.15) is 36.8 Å². The third-order valence-corrected chi connectivity index (χ3v) is 3.63. The minimum Gasteiger partial charge on any atom is -0.486 e. The summed E-state index contributed by atoms with van der Waals surface area (Å²) in [5.74, 6) is 0.693. The van der Waals surface area contributed by atoms with E-state index in [1.807, 2.05) is 19.9 Å². The van der Waals surface area contributed by atoms with Crippen molar-refractivity contribution in [3.63, 3.8) is 0 Å². The van der Waals surface area contributed by atoms with Gasteiger partial charge in [0.2, 0.25) is 0 Å². The molecule has 1 aliphatic carbocycles. The van der Waals surface area contributed by atoms with E-state index in [2.05, 4.69) is 12.1 Å². The Morgan fingerprint density at radius 2 is 2.06 bits per heavy atom. The van der Waals surface area contributed by atoms with Crippen LogP contribution in [-0.2, 0) is 9.53 Å². The highest BCUT2D eigenvalue weighted by atomic mass is 16.5. The van der Waals surface area contributed by atoms with Gasteiger partial charge < -0.3 is 9.47 Å². The Morgan fingerprint density at radius 1 is 1.33 bits per heavy atom. The van der Waals surface area contributed by atoms with E-state index < -0.39 is 0 Å². The maximum Gasteiger partial charge on any atom is 0.309 e. The highest BCUT2D eigenvalue weighted by Gasteiger charge is 2.42. The molecule has 1 saturated carbocycles. The number of esters is 1. The van der Waals surface area contributed by atoms with Gasteiger partial charge in [-0.1, -0.05) is 12.1 Å². The molecule has 0 atom stereocenters. The molecule has 1 aliphatic rings. The minimum atomic E-state index is -0.342. The first-order valence-corrected chi connectivity index (χ1v) is 6.38. The van der Waals surface area contributed by atoms with Gasteiger partial charge in [0.15, 0.2) is 0 Å². The van der Waals surface area contributed by atoms with Crippen molar-refractivity contribution < 1.29 is 14.3 Å². The average molecular weight is 248 g/mol. The summed E-state index contributed by atoms with van der Waals surface area (Å²) in [5.41, 5.74) is 1.94. The molecule has 98 valence electrons. The topological polar surface area (TPSA) is 35.5 Å². The van der Waals surface area contributed by atoms with Gasteiger partial charge in [0.05, 0.1) is 13.5 Å². The van der Waals surface area contributed by atoms with Crippen molar-refractivity contribution >= 4 is 5.97 Å². The summed E-state index contributed by atoms with van der Waals surface area (Å²) >= 11 is 0. The van der Waals surface area contributed by atoms with E-state index in [4.69, 9.17) is 9.47 Å². The number of benzene rings is 1. The average Bonchev–Trinajstić information content (AvgIpc) is 2.30. The Balaban J connectivity index is 2.15. The van der Waals surface area contributed by atoms with Crippen LogP contribution in [0, 0.1) is 13.8 Å². The Morgan fingerprint density at radius 3 is 2.61 bits per heavy atom. The van der Waals surface area contributed by atoms with Gasteiger partial charge in [0, 0.05) is 0 Å². The number of rotatable bonds is 4. The molecule has 0 heterocycles. The number of ether oxygens (including phenoxy) is 2. The van der Waals surface area contributed by atoms with Crippen molar-refractivity contribution in [1.82, 2.24) is 0 Å². The molecule has 1 aromatic rings. The van der Waals surface area contributed by atoms with Crippen molar-refractivity contribution in [2.24, 2.45) is 0 Å². The smallest absolute Gasteiger partial charge is 0.309 e. The Labute approximate surface area is 108 Å². The number of methoxy groups -OCH3 is 1. The lowest BCUT2D eigenvalue weighted by Crippen LogP contribution is -2.45. The molecule has 0 saturated heterocycles. The molecule has 3 nitrogen and oxygen atoms in total. The molecule has 0 bridgehead atoms. The maximum atomic E-state index is 11.5. The molecule has 1 aromatic carbocycles. The van der Waals surface area contributed by atoms with Gasteiger partial charge in [-0.05, 0) is 50.3 Å². The van der Waals surface area contributed by atoms with E-state index in [9.17, 15) is 4.79 Å². The lowest BCUT2D eigenvalue weighted by atomic mass is 9.77. The first kappa shape index (κ1) is 12.9. The molecular formula is C15H20O3. The van der Waals surface area contributed by atoms with Gasteiger partial charge in [-0.2, -0.15) is 0 Å². The lowest BCUT2D eigenvalue weighted by Gasteiger charge is -2.41. The van der Waals surface area contributed by atoms with Gasteiger partial charge in [-0.15, -0.1) is 0 Å². The van der Waals surface area contributed by atoms with Crippen LogP contribution in [-0.4, -0.2) is 18.7 Å². The van der Waals surface area contributed by atoms with Crippen molar-refractivity contribution in [2.45, 2.75) is 45.1 Å². The van der Waals surface area contributed by atoms with Gasteiger partial charge >= 0.3 is 5.97 Å². The van der Waals surface area contributed by atoms with Crippen molar-refractivity contribution in [3.8, 4) is 5.75 Å². The van der Waals surface area contributed by atoms with E-state index in [1.165, 1.54) is 12.7 Å². The highest BCUT2D eigenvalue weighted by Crippen LogP contribution is 2.40. The van der Waals surface area contributed by atoms with Crippen LogP contribution in [0.3, 0.4) is 0 Å². The van der Waals surface area contributed by atoms with Crippen LogP contribution in [0.5, 0.6) is 5.75 Å². The van der Waals surface area contributed by atoms with Crippen LogP contribution in [0.25, 0.3) is 0 Å². The van der Waals surface area contributed by atoms with Crippen LogP contribution >= 0.6 is 0 Å². The quantitative estimate of drug-likeness (QED) is 0.768. The molecule has 18 heavy (non-hydrogen) atoms. The second-order valence-electron chi connectivity index (χ2n) is 5.16. The summed E-state index contributed by atoms with van der Waals surface area (Å²) in [7, 11) is 1.42. The van der Waals surface area contributed by atoms with Crippen molar-refractivity contribution in [3.05, 3.63) is 29.3 Å². The second kappa shape index (κ2) is 5.01. The SMILES string of the molecule is COC(=O)CC1(Oc2cc(C)ccc2C)CCC1. The zero-order valence-corrected chi connectivity index (χ0v) is 11.3. The van der Waals surface area contributed by atoms with E-state index in [1.54, 1.807) is 0 Å². The molecule has 0 spiro atoms. The second-order valence-corrected chi connectivity index (χ2v) is 5.16. The predicted octanol–water partition coefficient (Wildman–Crippen LogP) is 3.17. The molecule has 0 aliphatic heterocycles. The van der Waals surface area contributed by atoms with Gasteiger partial charge in [0.25, 0.3) is 0 Å². The first-order valence-electron chi connectivity index (χ1n) is 6.38. The molecule has 3 heteroatoms. The summed E-state index contributed by atoms with van der Waals surface area (Å²) in [4.78, 5) is 11.5. The van der Waals surface area contributed by atoms with E-state index in [0.717, 1.165) is 30.6 Å². The summed E-state index contributed by atoms with van der Waals surface area (Å²) in [5, 5.41) is 0. The monoisotopic (exact) mass is 248 g/mol. The maximum absolute atomic E-state index is 11.5. The summed E-state index contributed by atoms with van der Waals surface area (Å²) in [6.07, 6.45) is 3.31. The number of carbonyl (C=O) groups is 1. The molecule has 2 rings (SSSR count).